The Morgan fingerprint density at radius 1 is 1.13 bits per heavy atom. The molecule has 1 amide bonds. The molecule has 0 aliphatic heterocycles. The lowest BCUT2D eigenvalue weighted by Gasteiger charge is -2.15. The molecule has 2 heterocycles. The second-order valence-electron chi connectivity index (χ2n) is 8.12. The van der Waals surface area contributed by atoms with Crippen molar-refractivity contribution in [2.45, 2.75) is 52.5 Å². The van der Waals surface area contributed by atoms with E-state index in [2.05, 4.69) is 11.4 Å². The van der Waals surface area contributed by atoms with E-state index in [1.807, 2.05) is 26.0 Å². The molecule has 4 rings (SSSR count). The summed E-state index contributed by atoms with van der Waals surface area (Å²) < 4.78 is 3.04. The van der Waals surface area contributed by atoms with Crippen molar-refractivity contribution >= 4 is 27.5 Å². The van der Waals surface area contributed by atoms with E-state index in [1.165, 1.54) is 38.9 Å². The molecule has 6 nitrogen and oxygen atoms in total. The van der Waals surface area contributed by atoms with Gasteiger partial charge in [0, 0.05) is 6.54 Å². The molecule has 1 aliphatic carbocycles. The normalized spacial score (nSPS) is 13.9. The van der Waals surface area contributed by atoms with E-state index >= 15 is 0 Å². The summed E-state index contributed by atoms with van der Waals surface area (Å²) >= 11 is 1.28. The van der Waals surface area contributed by atoms with Crippen LogP contribution in [0.3, 0.4) is 0 Å². The molecular formula is C24H27N3O3S. The Bertz CT molecular complexity index is 1280. The summed E-state index contributed by atoms with van der Waals surface area (Å²) in [5.74, 6) is -0.226. The fourth-order valence-corrected chi connectivity index (χ4v) is 4.85. The van der Waals surface area contributed by atoms with Crippen molar-refractivity contribution < 1.29 is 4.79 Å². The van der Waals surface area contributed by atoms with Crippen LogP contribution in [0.5, 0.6) is 0 Å². The summed E-state index contributed by atoms with van der Waals surface area (Å²) in [5.41, 5.74) is 3.66. The largest absolute Gasteiger partial charge is 0.354 e. The predicted molar refractivity (Wildman–Crippen MR) is 125 cm³/mol. The molecule has 1 N–H and O–H groups in total. The number of hydrogen-bond acceptors (Lipinski definition) is 4. The average Bonchev–Trinajstić information content (AvgIpc) is 3.25. The van der Waals surface area contributed by atoms with Crippen molar-refractivity contribution in [3.05, 3.63) is 73.3 Å². The third-order valence-corrected chi connectivity index (χ3v) is 6.85. The fourth-order valence-electron chi connectivity index (χ4n) is 4.03. The number of amides is 1. The number of aryl methyl sites for hydroxylation is 2. The van der Waals surface area contributed by atoms with E-state index in [-0.39, 0.29) is 18.0 Å². The maximum Gasteiger partial charge on any atom is 0.336 e. The Balaban J connectivity index is 1.63. The molecule has 1 aliphatic rings. The third-order valence-electron chi connectivity index (χ3n) is 5.96. The summed E-state index contributed by atoms with van der Waals surface area (Å²) in [6.45, 7) is 4.37. The lowest BCUT2D eigenvalue weighted by molar-refractivity contribution is -0.121. The first-order valence-corrected chi connectivity index (χ1v) is 11.6. The monoisotopic (exact) mass is 437 g/mol. The van der Waals surface area contributed by atoms with Crippen LogP contribution in [0.25, 0.3) is 15.9 Å². The number of hydrogen-bond donors (Lipinski definition) is 1. The number of allylic oxidation sites excluding steroid dienone is 1. The molecule has 162 valence electrons. The molecule has 0 bridgehead atoms. The van der Waals surface area contributed by atoms with Crippen LogP contribution in [-0.4, -0.2) is 21.6 Å². The van der Waals surface area contributed by atoms with Crippen molar-refractivity contribution in [3.8, 4) is 5.69 Å². The highest BCUT2D eigenvalue weighted by Gasteiger charge is 2.18. The predicted octanol–water partition coefficient (Wildman–Crippen LogP) is 3.84. The average molecular weight is 438 g/mol. The van der Waals surface area contributed by atoms with Crippen molar-refractivity contribution in [2.24, 2.45) is 0 Å². The van der Waals surface area contributed by atoms with Crippen molar-refractivity contribution in [1.29, 1.82) is 0 Å². The van der Waals surface area contributed by atoms with Gasteiger partial charge in [-0.25, -0.2) is 9.36 Å². The van der Waals surface area contributed by atoms with Crippen LogP contribution in [0, 0.1) is 13.8 Å². The Morgan fingerprint density at radius 3 is 2.71 bits per heavy atom. The molecule has 0 fully saturated rings. The summed E-state index contributed by atoms with van der Waals surface area (Å²) in [7, 11) is 0. The van der Waals surface area contributed by atoms with Crippen LogP contribution >= 0.6 is 11.3 Å². The number of carbonyl (C=O) groups is 1. The minimum absolute atomic E-state index is 0.115. The van der Waals surface area contributed by atoms with E-state index in [4.69, 9.17) is 0 Å². The number of benzene rings is 1. The van der Waals surface area contributed by atoms with Gasteiger partial charge >= 0.3 is 5.69 Å². The minimum atomic E-state index is -0.496. The summed E-state index contributed by atoms with van der Waals surface area (Å²) in [6, 6.07) is 7.23. The van der Waals surface area contributed by atoms with Crippen LogP contribution in [0.15, 0.2) is 50.9 Å². The molecule has 3 aromatic rings. The maximum absolute atomic E-state index is 13.3. The Labute approximate surface area is 184 Å². The molecule has 0 saturated carbocycles. The number of thiophene rings is 1. The van der Waals surface area contributed by atoms with Gasteiger partial charge in [-0.1, -0.05) is 17.7 Å². The van der Waals surface area contributed by atoms with Gasteiger partial charge in [-0.05, 0) is 80.7 Å². The standard InChI is InChI=1S/C24H27N3O3S/c1-16-8-9-19(14-17(16)2)27-23(29)22-20(11-13-31-22)26(24(27)30)15-21(28)25-12-10-18-6-4-3-5-7-18/h6,8-9,11,13-14H,3-5,7,10,12,15H2,1-2H3,(H,25,28). The molecule has 0 spiro atoms. The number of nitrogens with one attached hydrogen (secondary N) is 1. The molecule has 1 aromatic carbocycles. The number of rotatable bonds is 6. The summed E-state index contributed by atoms with van der Waals surface area (Å²) in [6.07, 6.45) is 7.79. The first-order chi connectivity index (χ1) is 15.0. The van der Waals surface area contributed by atoms with E-state index in [0.29, 0.717) is 22.4 Å². The molecule has 0 radical (unpaired) electrons. The van der Waals surface area contributed by atoms with Crippen LogP contribution < -0.4 is 16.6 Å². The zero-order valence-electron chi connectivity index (χ0n) is 17.9. The first-order valence-electron chi connectivity index (χ1n) is 10.7. The Hall–Kier alpha value is -2.93. The van der Waals surface area contributed by atoms with Crippen LogP contribution in [0.2, 0.25) is 0 Å². The van der Waals surface area contributed by atoms with Crippen molar-refractivity contribution in [2.75, 3.05) is 6.54 Å². The Kier molecular flexibility index (Phi) is 6.23. The second kappa shape index (κ2) is 9.06. The third kappa shape index (κ3) is 4.42. The van der Waals surface area contributed by atoms with E-state index in [1.54, 1.807) is 17.5 Å². The zero-order valence-corrected chi connectivity index (χ0v) is 18.8. The van der Waals surface area contributed by atoms with Crippen LogP contribution in [-0.2, 0) is 11.3 Å². The highest BCUT2D eigenvalue weighted by molar-refractivity contribution is 7.17. The van der Waals surface area contributed by atoms with Gasteiger partial charge in [0.15, 0.2) is 0 Å². The number of carbonyl (C=O) groups excluding carboxylic acids is 1. The van der Waals surface area contributed by atoms with Crippen LogP contribution in [0.1, 0.15) is 43.2 Å². The summed E-state index contributed by atoms with van der Waals surface area (Å²) in [4.78, 5) is 39.0. The van der Waals surface area contributed by atoms with Crippen LogP contribution in [0.4, 0.5) is 0 Å². The second-order valence-corrected chi connectivity index (χ2v) is 9.04. The first kappa shape index (κ1) is 21.3. The highest BCUT2D eigenvalue weighted by Crippen LogP contribution is 2.20. The fraction of sp³-hybridized carbons (Fsp3) is 0.375. The smallest absolute Gasteiger partial charge is 0.336 e. The van der Waals surface area contributed by atoms with E-state index in [0.717, 1.165) is 30.4 Å². The van der Waals surface area contributed by atoms with Gasteiger partial charge in [-0.2, -0.15) is 0 Å². The van der Waals surface area contributed by atoms with Crippen molar-refractivity contribution in [3.63, 3.8) is 0 Å². The number of fused-ring (bicyclic) bond motifs is 1. The van der Waals surface area contributed by atoms with E-state index in [9.17, 15) is 14.4 Å². The van der Waals surface area contributed by atoms with Gasteiger partial charge in [-0.3, -0.25) is 14.2 Å². The molecule has 0 unspecified atom stereocenters. The van der Waals surface area contributed by atoms with Gasteiger partial charge in [0.05, 0.1) is 11.2 Å². The SMILES string of the molecule is Cc1ccc(-n2c(=O)c3sccc3n(CC(=O)NCCC3=CCCCC3)c2=O)cc1C. The molecule has 31 heavy (non-hydrogen) atoms. The molecule has 0 atom stereocenters. The molecule has 7 heteroatoms. The quantitative estimate of drug-likeness (QED) is 0.596. The Morgan fingerprint density at radius 2 is 1.97 bits per heavy atom. The minimum Gasteiger partial charge on any atom is -0.354 e. The van der Waals surface area contributed by atoms with Gasteiger partial charge in [0.1, 0.15) is 11.2 Å². The number of nitrogens with zero attached hydrogens (tertiary/aromatic N) is 2. The topological polar surface area (TPSA) is 73.1 Å². The van der Waals surface area contributed by atoms with Crippen molar-refractivity contribution in [1.82, 2.24) is 14.5 Å². The molecule has 0 saturated heterocycles. The lowest BCUT2D eigenvalue weighted by Crippen LogP contribution is -2.41. The summed E-state index contributed by atoms with van der Waals surface area (Å²) in [5, 5.41) is 4.71. The van der Waals surface area contributed by atoms with Gasteiger partial charge in [0.2, 0.25) is 5.91 Å². The van der Waals surface area contributed by atoms with Gasteiger partial charge < -0.3 is 5.32 Å². The number of aromatic nitrogens is 2. The molecular weight excluding hydrogens is 410 g/mol. The molecule has 2 aromatic heterocycles. The maximum atomic E-state index is 13.3. The van der Waals surface area contributed by atoms with Gasteiger partial charge in [0.25, 0.3) is 5.56 Å². The zero-order chi connectivity index (χ0) is 22.0. The van der Waals surface area contributed by atoms with E-state index < -0.39 is 5.69 Å². The highest BCUT2D eigenvalue weighted by atomic mass is 32.1. The van der Waals surface area contributed by atoms with Gasteiger partial charge in [-0.15, -0.1) is 11.3 Å². The lowest BCUT2D eigenvalue weighted by atomic mass is 9.97.